The third kappa shape index (κ3) is 3.83. The first kappa shape index (κ1) is 15.5. The van der Waals surface area contributed by atoms with E-state index in [4.69, 9.17) is 4.52 Å². The van der Waals surface area contributed by atoms with Crippen LogP contribution in [0.3, 0.4) is 0 Å². The van der Waals surface area contributed by atoms with Crippen molar-refractivity contribution in [2.24, 2.45) is 0 Å². The van der Waals surface area contributed by atoms with E-state index >= 15 is 0 Å². The number of benzene rings is 1. The standard InChI is InChI=1S/C14H19N3O3S/c1-4-15-11(3)12-6-5-7-13(9-12)21(18,19)17-14-8-10(2)16-20-14/h5-9,11,15,17H,4H2,1-3H3. The Morgan fingerprint density at radius 1 is 1.33 bits per heavy atom. The maximum atomic E-state index is 12.3. The van der Waals surface area contributed by atoms with E-state index in [-0.39, 0.29) is 16.8 Å². The first-order chi connectivity index (χ1) is 9.92. The van der Waals surface area contributed by atoms with Crippen molar-refractivity contribution < 1.29 is 12.9 Å². The van der Waals surface area contributed by atoms with Gasteiger partial charge in [0.25, 0.3) is 10.0 Å². The molecule has 0 aliphatic carbocycles. The molecule has 114 valence electrons. The van der Waals surface area contributed by atoms with Gasteiger partial charge in [-0.1, -0.05) is 24.2 Å². The zero-order chi connectivity index (χ0) is 15.5. The number of nitrogens with zero attached hydrogens (tertiary/aromatic N) is 1. The fraction of sp³-hybridized carbons (Fsp3) is 0.357. The van der Waals surface area contributed by atoms with Gasteiger partial charge in [0.05, 0.1) is 10.6 Å². The van der Waals surface area contributed by atoms with Gasteiger partial charge >= 0.3 is 0 Å². The summed E-state index contributed by atoms with van der Waals surface area (Å²) >= 11 is 0. The Labute approximate surface area is 124 Å². The van der Waals surface area contributed by atoms with Crippen molar-refractivity contribution in [3.05, 3.63) is 41.6 Å². The average molecular weight is 309 g/mol. The zero-order valence-electron chi connectivity index (χ0n) is 12.3. The molecular formula is C14H19N3O3S. The molecule has 0 amide bonds. The Morgan fingerprint density at radius 2 is 2.10 bits per heavy atom. The zero-order valence-corrected chi connectivity index (χ0v) is 13.1. The highest BCUT2D eigenvalue weighted by molar-refractivity contribution is 7.92. The lowest BCUT2D eigenvalue weighted by Crippen LogP contribution is -2.18. The smallest absolute Gasteiger partial charge is 0.264 e. The summed E-state index contributed by atoms with van der Waals surface area (Å²) < 4.78 is 31.9. The largest absolute Gasteiger partial charge is 0.338 e. The Hall–Kier alpha value is -1.86. The molecule has 2 aromatic rings. The Morgan fingerprint density at radius 3 is 2.71 bits per heavy atom. The summed E-state index contributed by atoms with van der Waals surface area (Å²) in [5, 5.41) is 6.90. The van der Waals surface area contributed by atoms with Gasteiger partial charge in [0.1, 0.15) is 0 Å². The van der Waals surface area contributed by atoms with Crippen molar-refractivity contribution in [3.63, 3.8) is 0 Å². The highest BCUT2D eigenvalue weighted by Gasteiger charge is 2.17. The molecule has 6 nitrogen and oxygen atoms in total. The molecule has 0 radical (unpaired) electrons. The van der Waals surface area contributed by atoms with Crippen LogP contribution in [0, 0.1) is 6.92 Å². The molecule has 0 fully saturated rings. The molecule has 1 aromatic heterocycles. The maximum Gasteiger partial charge on any atom is 0.264 e. The highest BCUT2D eigenvalue weighted by Crippen LogP contribution is 2.20. The van der Waals surface area contributed by atoms with Gasteiger partial charge in [0, 0.05) is 12.1 Å². The summed E-state index contributed by atoms with van der Waals surface area (Å²) in [5.41, 5.74) is 1.52. The van der Waals surface area contributed by atoms with E-state index in [0.29, 0.717) is 5.69 Å². The van der Waals surface area contributed by atoms with Crippen molar-refractivity contribution in [1.29, 1.82) is 0 Å². The average Bonchev–Trinajstić information content (AvgIpc) is 2.84. The summed E-state index contributed by atoms with van der Waals surface area (Å²) in [4.78, 5) is 0.193. The van der Waals surface area contributed by atoms with Crippen LogP contribution in [0.5, 0.6) is 0 Å². The van der Waals surface area contributed by atoms with Crippen LogP contribution in [-0.4, -0.2) is 20.1 Å². The molecule has 0 spiro atoms. The number of aryl methyl sites for hydroxylation is 1. The molecule has 21 heavy (non-hydrogen) atoms. The minimum atomic E-state index is -3.68. The number of hydrogen-bond acceptors (Lipinski definition) is 5. The van der Waals surface area contributed by atoms with Crippen LogP contribution in [0.1, 0.15) is 31.1 Å². The summed E-state index contributed by atoms with van der Waals surface area (Å²) in [6.45, 7) is 6.53. The Bertz CT molecular complexity index is 710. The van der Waals surface area contributed by atoms with Crippen molar-refractivity contribution in [3.8, 4) is 0 Å². The lowest BCUT2D eigenvalue weighted by atomic mass is 10.1. The van der Waals surface area contributed by atoms with E-state index in [9.17, 15) is 8.42 Å². The maximum absolute atomic E-state index is 12.3. The van der Waals surface area contributed by atoms with E-state index in [1.54, 1.807) is 25.1 Å². The third-order valence-corrected chi connectivity index (χ3v) is 4.39. The highest BCUT2D eigenvalue weighted by atomic mass is 32.2. The number of hydrogen-bond donors (Lipinski definition) is 2. The molecule has 1 aromatic carbocycles. The molecule has 1 atom stereocenters. The van der Waals surface area contributed by atoms with Gasteiger partial charge in [0.2, 0.25) is 5.88 Å². The second-order valence-corrected chi connectivity index (χ2v) is 6.47. The molecule has 0 bridgehead atoms. The quantitative estimate of drug-likeness (QED) is 0.856. The van der Waals surface area contributed by atoms with Crippen LogP contribution in [0.15, 0.2) is 39.8 Å². The number of sulfonamides is 1. The first-order valence-electron chi connectivity index (χ1n) is 6.72. The normalized spacial score (nSPS) is 13.1. The van der Waals surface area contributed by atoms with E-state index in [0.717, 1.165) is 12.1 Å². The van der Waals surface area contributed by atoms with Crippen LogP contribution < -0.4 is 10.0 Å². The topological polar surface area (TPSA) is 84.2 Å². The summed E-state index contributed by atoms with van der Waals surface area (Å²) in [7, 11) is -3.68. The van der Waals surface area contributed by atoms with Crippen LogP contribution >= 0.6 is 0 Å². The monoisotopic (exact) mass is 309 g/mol. The molecule has 7 heteroatoms. The minimum Gasteiger partial charge on any atom is -0.338 e. The van der Waals surface area contributed by atoms with Crippen molar-refractivity contribution in [1.82, 2.24) is 10.5 Å². The fourth-order valence-electron chi connectivity index (χ4n) is 1.98. The predicted octanol–water partition coefficient (Wildman–Crippen LogP) is 2.45. The van der Waals surface area contributed by atoms with Gasteiger partial charge in [-0.2, -0.15) is 0 Å². The summed E-state index contributed by atoms with van der Waals surface area (Å²) in [6.07, 6.45) is 0. The molecule has 0 aliphatic rings. The molecule has 1 unspecified atom stereocenters. The SMILES string of the molecule is CCNC(C)c1cccc(S(=O)(=O)Nc2cc(C)no2)c1. The van der Waals surface area contributed by atoms with Gasteiger partial charge in [-0.05, 0) is 38.1 Å². The predicted molar refractivity (Wildman–Crippen MR) is 80.6 cm³/mol. The van der Waals surface area contributed by atoms with Gasteiger partial charge in [0.15, 0.2) is 0 Å². The second kappa shape index (κ2) is 6.28. The van der Waals surface area contributed by atoms with Gasteiger partial charge in [-0.25, -0.2) is 13.1 Å². The Balaban J connectivity index is 2.25. The fourth-order valence-corrected chi connectivity index (χ4v) is 3.01. The molecular weight excluding hydrogens is 290 g/mol. The Kier molecular flexibility index (Phi) is 4.64. The molecule has 0 saturated carbocycles. The summed E-state index contributed by atoms with van der Waals surface area (Å²) in [5.74, 6) is 0.109. The molecule has 0 aliphatic heterocycles. The lowest BCUT2D eigenvalue weighted by molar-refractivity contribution is 0.430. The first-order valence-corrected chi connectivity index (χ1v) is 8.20. The van der Waals surface area contributed by atoms with E-state index < -0.39 is 10.0 Å². The van der Waals surface area contributed by atoms with Gasteiger partial charge in [-0.3, -0.25) is 0 Å². The van der Waals surface area contributed by atoms with E-state index in [1.165, 1.54) is 6.07 Å². The van der Waals surface area contributed by atoms with Crippen LogP contribution in [0.2, 0.25) is 0 Å². The number of anilines is 1. The van der Waals surface area contributed by atoms with Crippen LogP contribution in [0.4, 0.5) is 5.88 Å². The van der Waals surface area contributed by atoms with Crippen molar-refractivity contribution in [2.45, 2.75) is 31.7 Å². The minimum absolute atomic E-state index is 0.0812. The lowest BCUT2D eigenvalue weighted by Gasteiger charge is -2.14. The molecule has 1 heterocycles. The second-order valence-electron chi connectivity index (χ2n) is 4.79. The number of nitrogens with one attached hydrogen (secondary N) is 2. The van der Waals surface area contributed by atoms with E-state index in [2.05, 4.69) is 15.2 Å². The van der Waals surface area contributed by atoms with E-state index in [1.807, 2.05) is 19.9 Å². The number of rotatable bonds is 6. The van der Waals surface area contributed by atoms with Crippen LogP contribution in [0.25, 0.3) is 0 Å². The van der Waals surface area contributed by atoms with Gasteiger partial charge in [-0.15, -0.1) is 0 Å². The molecule has 2 rings (SSSR count). The van der Waals surface area contributed by atoms with Crippen molar-refractivity contribution >= 4 is 15.9 Å². The van der Waals surface area contributed by atoms with Crippen molar-refractivity contribution in [2.75, 3.05) is 11.3 Å². The molecule has 2 N–H and O–H groups in total. The number of aromatic nitrogens is 1. The van der Waals surface area contributed by atoms with Crippen LogP contribution in [-0.2, 0) is 10.0 Å². The van der Waals surface area contributed by atoms with Gasteiger partial charge < -0.3 is 9.84 Å². The summed E-state index contributed by atoms with van der Waals surface area (Å²) in [6, 6.07) is 8.43. The molecule has 0 saturated heterocycles. The third-order valence-electron chi connectivity index (χ3n) is 3.04.